The summed E-state index contributed by atoms with van der Waals surface area (Å²) in [6.07, 6.45) is 0. The molecular formula is C13H20ClN3O. The lowest BCUT2D eigenvalue weighted by molar-refractivity contribution is -0.119. The minimum absolute atomic E-state index is 0.0188. The lowest BCUT2D eigenvalue weighted by Crippen LogP contribution is -2.35. The van der Waals surface area contributed by atoms with Crippen LogP contribution in [-0.2, 0) is 11.3 Å². The summed E-state index contributed by atoms with van der Waals surface area (Å²) in [5.74, 6) is 0.0188. The molecule has 1 aromatic carbocycles. The Morgan fingerprint density at radius 3 is 2.78 bits per heavy atom. The number of benzene rings is 1. The first-order chi connectivity index (χ1) is 8.58. The Morgan fingerprint density at radius 1 is 1.44 bits per heavy atom. The molecule has 5 heteroatoms. The van der Waals surface area contributed by atoms with Gasteiger partial charge < -0.3 is 15.5 Å². The first kappa shape index (κ1) is 14.8. The molecule has 0 aliphatic heterocycles. The molecule has 2 N–H and O–H groups in total. The Labute approximate surface area is 113 Å². The van der Waals surface area contributed by atoms with Crippen LogP contribution in [0.15, 0.2) is 18.2 Å². The molecular weight excluding hydrogens is 250 g/mol. The van der Waals surface area contributed by atoms with Gasteiger partial charge in [-0.25, -0.2) is 0 Å². The van der Waals surface area contributed by atoms with Gasteiger partial charge in [0.15, 0.2) is 0 Å². The number of rotatable bonds is 6. The lowest BCUT2D eigenvalue weighted by Gasteiger charge is -2.22. The molecule has 0 atom stereocenters. The Hall–Kier alpha value is -1.26. The fourth-order valence-electron chi connectivity index (χ4n) is 1.81. The predicted octanol–water partition coefficient (Wildman–Crippen LogP) is 1.63. The quantitative estimate of drug-likeness (QED) is 0.825. The molecule has 0 fully saturated rings. The molecule has 1 amide bonds. The van der Waals surface area contributed by atoms with Crippen molar-refractivity contribution in [1.82, 2.24) is 10.6 Å². The highest BCUT2D eigenvalue weighted by Crippen LogP contribution is 2.23. The highest BCUT2D eigenvalue weighted by Gasteiger charge is 2.10. The highest BCUT2D eigenvalue weighted by molar-refractivity contribution is 6.30. The smallest absolute Gasteiger partial charge is 0.239 e. The summed E-state index contributed by atoms with van der Waals surface area (Å²) >= 11 is 5.99. The number of carbonyl (C=O) groups excluding carboxylic acids is 1. The standard InChI is InChI=1S/C13H20ClN3O/c1-4-16-13(18)9-17(3)12-6-5-11(14)7-10(12)8-15-2/h5-7,15H,4,8-9H2,1-3H3,(H,16,18). The van der Waals surface area contributed by atoms with Crippen LogP contribution in [0.3, 0.4) is 0 Å². The highest BCUT2D eigenvalue weighted by atomic mass is 35.5. The number of anilines is 1. The van der Waals surface area contributed by atoms with Crippen LogP contribution in [0.5, 0.6) is 0 Å². The molecule has 1 rings (SSSR count). The van der Waals surface area contributed by atoms with Gasteiger partial charge in [0.2, 0.25) is 5.91 Å². The van der Waals surface area contributed by atoms with Crippen molar-refractivity contribution in [2.75, 3.05) is 32.1 Å². The van der Waals surface area contributed by atoms with Crippen LogP contribution in [0.2, 0.25) is 5.02 Å². The Bertz CT molecular complexity index is 409. The van der Waals surface area contributed by atoms with E-state index in [1.54, 1.807) is 0 Å². The second-order valence-corrected chi connectivity index (χ2v) is 4.55. The number of likely N-dealkylation sites (N-methyl/N-ethyl adjacent to an activating group) is 2. The number of hydrogen-bond acceptors (Lipinski definition) is 3. The van der Waals surface area contributed by atoms with Crippen LogP contribution in [-0.4, -0.2) is 33.1 Å². The molecule has 0 radical (unpaired) electrons. The van der Waals surface area contributed by atoms with E-state index in [1.165, 1.54) is 0 Å². The first-order valence-corrected chi connectivity index (χ1v) is 6.37. The van der Waals surface area contributed by atoms with Gasteiger partial charge in [0.1, 0.15) is 0 Å². The molecule has 0 aromatic heterocycles. The van der Waals surface area contributed by atoms with Crippen molar-refractivity contribution < 1.29 is 4.79 Å². The minimum Gasteiger partial charge on any atom is -0.365 e. The first-order valence-electron chi connectivity index (χ1n) is 5.99. The SMILES string of the molecule is CCNC(=O)CN(C)c1ccc(Cl)cc1CNC. The molecule has 0 spiro atoms. The van der Waals surface area contributed by atoms with Gasteiger partial charge in [0.25, 0.3) is 0 Å². The molecule has 0 aliphatic carbocycles. The average Bonchev–Trinajstić information content (AvgIpc) is 2.29. The summed E-state index contributed by atoms with van der Waals surface area (Å²) in [5, 5.41) is 6.59. The van der Waals surface area contributed by atoms with Crippen molar-refractivity contribution in [3.63, 3.8) is 0 Å². The summed E-state index contributed by atoms with van der Waals surface area (Å²) in [4.78, 5) is 13.5. The molecule has 0 unspecified atom stereocenters. The summed E-state index contributed by atoms with van der Waals surface area (Å²) in [6.45, 7) is 3.62. The molecule has 0 saturated heterocycles. The molecule has 0 heterocycles. The third-order valence-electron chi connectivity index (χ3n) is 2.57. The van der Waals surface area contributed by atoms with E-state index in [0.29, 0.717) is 18.1 Å². The maximum Gasteiger partial charge on any atom is 0.239 e. The third-order valence-corrected chi connectivity index (χ3v) is 2.81. The largest absolute Gasteiger partial charge is 0.365 e. The van der Waals surface area contributed by atoms with Crippen molar-refractivity contribution in [2.24, 2.45) is 0 Å². The van der Waals surface area contributed by atoms with E-state index in [1.807, 2.05) is 44.1 Å². The summed E-state index contributed by atoms with van der Waals surface area (Å²) < 4.78 is 0. The monoisotopic (exact) mass is 269 g/mol. The van der Waals surface area contributed by atoms with E-state index in [-0.39, 0.29) is 5.91 Å². The van der Waals surface area contributed by atoms with Crippen molar-refractivity contribution in [3.8, 4) is 0 Å². The van der Waals surface area contributed by atoms with Crippen LogP contribution < -0.4 is 15.5 Å². The second-order valence-electron chi connectivity index (χ2n) is 4.11. The van der Waals surface area contributed by atoms with E-state index in [4.69, 9.17) is 11.6 Å². The van der Waals surface area contributed by atoms with E-state index in [2.05, 4.69) is 10.6 Å². The Morgan fingerprint density at radius 2 is 2.17 bits per heavy atom. The minimum atomic E-state index is 0.0188. The van der Waals surface area contributed by atoms with Crippen LogP contribution in [0.25, 0.3) is 0 Å². The molecule has 1 aromatic rings. The van der Waals surface area contributed by atoms with E-state index in [9.17, 15) is 4.79 Å². The third kappa shape index (κ3) is 4.20. The van der Waals surface area contributed by atoms with Crippen molar-refractivity contribution >= 4 is 23.2 Å². The van der Waals surface area contributed by atoms with Crippen LogP contribution in [0.4, 0.5) is 5.69 Å². The zero-order chi connectivity index (χ0) is 13.5. The Kier molecular flexibility index (Phi) is 5.95. The van der Waals surface area contributed by atoms with Gasteiger partial charge in [0.05, 0.1) is 6.54 Å². The molecule has 4 nitrogen and oxygen atoms in total. The van der Waals surface area contributed by atoms with E-state index >= 15 is 0 Å². The van der Waals surface area contributed by atoms with Crippen LogP contribution in [0.1, 0.15) is 12.5 Å². The van der Waals surface area contributed by atoms with Gasteiger partial charge in [-0.05, 0) is 37.7 Å². The maximum absolute atomic E-state index is 11.6. The van der Waals surface area contributed by atoms with Gasteiger partial charge in [-0.15, -0.1) is 0 Å². The van der Waals surface area contributed by atoms with Crippen molar-refractivity contribution in [2.45, 2.75) is 13.5 Å². The molecule has 18 heavy (non-hydrogen) atoms. The van der Waals surface area contributed by atoms with E-state index < -0.39 is 0 Å². The summed E-state index contributed by atoms with van der Waals surface area (Å²) in [7, 11) is 3.78. The predicted molar refractivity (Wildman–Crippen MR) is 76.2 cm³/mol. The van der Waals surface area contributed by atoms with Crippen molar-refractivity contribution in [3.05, 3.63) is 28.8 Å². The molecule has 0 bridgehead atoms. The van der Waals surface area contributed by atoms with Gasteiger partial charge in [-0.2, -0.15) is 0 Å². The number of nitrogens with zero attached hydrogens (tertiary/aromatic N) is 1. The average molecular weight is 270 g/mol. The van der Waals surface area contributed by atoms with Crippen molar-refractivity contribution in [1.29, 1.82) is 0 Å². The number of amides is 1. The second kappa shape index (κ2) is 7.24. The number of nitrogens with one attached hydrogen (secondary N) is 2. The molecule has 100 valence electrons. The van der Waals surface area contributed by atoms with E-state index in [0.717, 1.165) is 17.8 Å². The summed E-state index contributed by atoms with van der Waals surface area (Å²) in [6, 6.07) is 5.69. The van der Waals surface area contributed by atoms with Gasteiger partial charge in [-0.3, -0.25) is 4.79 Å². The zero-order valence-electron chi connectivity index (χ0n) is 11.1. The molecule has 0 aliphatic rings. The summed E-state index contributed by atoms with van der Waals surface area (Å²) in [5.41, 5.74) is 2.09. The normalized spacial score (nSPS) is 10.2. The number of carbonyl (C=O) groups is 1. The maximum atomic E-state index is 11.6. The fourth-order valence-corrected chi connectivity index (χ4v) is 2.01. The van der Waals surface area contributed by atoms with Gasteiger partial charge in [-0.1, -0.05) is 11.6 Å². The van der Waals surface area contributed by atoms with Gasteiger partial charge >= 0.3 is 0 Å². The van der Waals surface area contributed by atoms with Crippen LogP contribution >= 0.6 is 11.6 Å². The van der Waals surface area contributed by atoms with Crippen LogP contribution in [0, 0.1) is 0 Å². The lowest BCUT2D eigenvalue weighted by atomic mass is 10.1. The number of halogens is 1. The van der Waals surface area contributed by atoms with Gasteiger partial charge in [0, 0.05) is 30.8 Å². The Balaban J connectivity index is 2.83. The fraction of sp³-hybridized carbons (Fsp3) is 0.462. The zero-order valence-corrected chi connectivity index (χ0v) is 11.8. The number of hydrogen-bond donors (Lipinski definition) is 2. The molecule has 0 saturated carbocycles. The topological polar surface area (TPSA) is 44.4 Å².